The molecule has 1 aromatic heterocycles. The van der Waals surface area contributed by atoms with Gasteiger partial charge in [-0.05, 0) is 59.0 Å². The van der Waals surface area contributed by atoms with E-state index < -0.39 is 11.9 Å². The number of amides is 1. The van der Waals surface area contributed by atoms with Gasteiger partial charge >= 0.3 is 5.97 Å². The largest absolute Gasteiger partial charge is 0.494 e. The molecule has 39 heavy (non-hydrogen) atoms. The zero-order valence-corrected chi connectivity index (χ0v) is 22.7. The Bertz CT molecular complexity index is 1460. The summed E-state index contributed by atoms with van der Waals surface area (Å²) in [6.07, 6.45) is 5.97. The fourth-order valence-electron chi connectivity index (χ4n) is 4.03. The van der Waals surface area contributed by atoms with Crippen molar-refractivity contribution in [2.45, 2.75) is 18.8 Å². The highest BCUT2D eigenvalue weighted by atomic mass is 35.5. The summed E-state index contributed by atoms with van der Waals surface area (Å²) >= 11 is 12.4. The summed E-state index contributed by atoms with van der Waals surface area (Å²) in [6.45, 7) is 0.366. The number of benzene rings is 3. The van der Waals surface area contributed by atoms with Gasteiger partial charge in [-0.25, -0.2) is 4.98 Å². The summed E-state index contributed by atoms with van der Waals surface area (Å²) < 4.78 is 5.60. The molecule has 4 aromatic rings. The number of likely N-dealkylation sites (N-methyl/N-ethyl adjacent to an activating group) is 1. The number of aromatic nitrogens is 2. The normalized spacial score (nSPS) is 11.9. The number of hydrogen-bond donors (Lipinski definition) is 3. The lowest BCUT2D eigenvalue weighted by Crippen LogP contribution is -2.27. The highest BCUT2D eigenvalue weighted by Gasteiger charge is 2.26. The van der Waals surface area contributed by atoms with Gasteiger partial charge in [0.05, 0.1) is 12.3 Å². The number of carbonyl (C=O) groups excluding carboxylic acids is 1. The van der Waals surface area contributed by atoms with Crippen LogP contribution in [0.1, 0.15) is 41.4 Å². The summed E-state index contributed by atoms with van der Waals surface area (Å²) in [4.78, 5) is 30.9. The average molecular weight is 564 g/mol. The van der Waals surface area contributed by atoms with E-state index in [0.717, 1.165) is 16.7 Å². The lowest BCUT2D eigenvalue weighted by molar-refractivity contribution is -0.137. The monoisotopic (exact) mass is 563 g/mol. The smallest absolute Gasteiger partial charge is 0.303 e. The maximum Gasteiger partial charge on any atom is 0.303 e. The van der Waals surface area contributed by atoms with Gasteiger partial charge in [-0.1, -0.05) is 71.7 Å². The van der Waals surface area contributed by atoms with Gasteiger partial charge in [0.2, 0.25) is 5.91 Å². The molecule has 9 heteroatoms. The number of halogens is 2. The molecule has 1 heterocycles. The summed E-state index contributed by atoms with van der Waals surface area (Å²) in [5, 5.41) is 12.3. The van der Waals surface area contributed by atoms with E-state index in [0.29, 0.717) is 45.9 Å². The van der Waals surface area contributed by atoms with Crippen LogP contribution in [0.3, 0.4) is 0 Å². The first-order valence-corrected chi connectivity index (χ1v) is 13.0. The molecule has 3 aromatic carbocycles. The van der Waals surface area contributed by atoms with Crippen LogP contribution in [0, 0.1) is 0 Å². The third kappa shape index (κ3) is 7.50. The number of nitrogens with one attached hydrogen (secondary N) is 2. The van der Waals surface area contributed by atoms with Gasteiger partial charge in [-0.2, -0.15) is 0 Å². The van der Waals surface area contributed by atoms with Crippen LogP contribution in [0.25, 0.3) is 23.3 Å². The zero-order valence-electron chi connectivity index (χ0n) is 21.2. The van der Waals surface area contributed by atoms with Crippen molar-refractivity contribution in [1.29, 1.82) is 0 Å². The second-order valence-electron chi connectivity index (χ2n) is 8.76. The molecule has 0 saturated carbocycles. The van der Waals surface area contributed by atoms with Gasteiger partial charge in [-0.15, -0.1) is 0 Å². The number of rotatable bonds is 11. The number of carbonyl (C=O) groups is 2. The van der Waals surface area contributed by atoms with E-state index in [-0.39, 0.29) is 12.3 Å². The summed E-state index contributed by atoms with van der Waals surface area (Å²) in [5.41, 5.74) is 4.33. The quantitative estimate of drug-likeness (QED) is 0.177. The van der Waals surface area contributed by atoms with Crippen LogP contribution in [-0.2, 0) is 9.59 Å². The third-order valence-corrected chi connectivity index (χ3v) is 6.61. The minimum absolute atomic E-state index is 0.0920. The maximum atomic E-state index is 12.7. The number of nitrogens with zero attached hydrogens (tertiary/aromatic N) is 1. The van der Waals surface area contributed by atoms with Crippen LogP contribution in [0.5, 0.6) is 5.75 Å². The predicted molar refractivity (Wildman–Crippen MR) is 154 cm³/mol. The standard InChI is InChI=1S/C30H27Cl2N3O4/c1-33-30(38)29(24-14-11-22(31)17-25(24)32)26-18-34-27(35-26)15-6-19-4-7-20(8-5-19)21-9-12-23(13-10-21)39-16-2-3-28(36)37/h4-15,17-18,29H,2-3,16H2,1H3,(H,33,38)(H,34,35)(H,36,37)/b15-6+. The summed E-state index contributed by atoms with van der Waals surface area (Å²) in [5.74, 6) is -0.386. The molecule has 0 fully saturated rings. The van der Waals surface area contributed by atoms with Crippen molar-refractivity contribution in [2.75, 3.05) is 13.7 Å². The van der Waals surface area contributed by atoms with Gasteiger partial charge < -0.3 is 20.1 Å². The fourth-order valence-corrected chi connectivity index (χ4v) is 4.55. The molecule has 0 saturated heterocycles. The second kappa shape index (κ2) is 13.1. The number of aromatic amines is 1. The predicted octanol–water partition coefficient (Wildman–Crippen LogP) is 6.68. The summed E-state index contributed by atoms with van der Waals surface area (Å²) in [7, 11) is 1.58. The maximum absolute atomic E-state index is 12.7. The molecule has 0 aliphatic carbocycles. The van der Waals surface area contributed by atoms with E-state index in [1.54, 1.807) is 31.4 Å². The molecule has 0 radical (unpaired) electrons. The Labute approximate surface area is 236 Å². The highest BCUT2D eigenvalue weighted by molar-refractivity contribution is 6.35. The molecule has 1 unspecified atom stereocenters. The van der Waals surface area contributed by atoms with Crippen LogP contribution in [0.2, 0.25) is 10.0 Å². The first-order valence-electron chi connectivity index (χ1n) is 12.3. The van der Waals surface area contributed by atoms with E-state index in [9.17, 15) is 9.59 Å². The number of H-pyrrole nitrogens is 1. The summed E-state index contributed by atoms with van der Waals surface area (Å²) in [6, 6.07) is 20.8. The Morgan fingerprint density at radius 1 is 1.03 bits per heavy atom. The Kier molecular flexibility index (Phi) is 9.41. The Morgan fingerprint density at radius 2 is 1.72 bits per heavy atom. The SMILES string of the molecule is CNC(=O)C(c1cnc(/C=C/c2ccc(-c3ccc(OCCCC(=O)O)cc3)cc2)[nH]1)c1ccc(Cl)cc1Cl. The molecule has 3 N–H and O–H groups in total. The number of ether oxygens (including phenoxy) is 1. The topological polar surface area (TPSA) is 104 Å². The average Bonchev–Trinajstić information content (AvgIpc) is 3.40. The first kappa shape index (κ1) is 28.0. The Hall–Kier alpha value is -4.07. The van der Waals surface area contributed by atoms with Crippen molar-refractivity contribution in [3.05, 3.63) is 106 Å². The van der Waals surface area contributed by atoms with E-state index >= 15 is 0 Å². The van der Waals surface area contributed by atoms with Gasteiger partial charge in [0, 0.05) is 29.7 Å². The first-order chi connectivity index (χ1) is 18.8. The van der Waals surface area contributed by atoms with Crippen LogP contribution in [0.4, 0.5) is 0 Å². The number of hydrogen-bond acceptors (Lipinski definition) is 4. The molecular formula is C30H27Cl2N3O4. The number of carboxylic acid groups (broad SMARTS) is 1. The van der Waals surface area contributed by atoms with Crippen LogP contribution >= 0.6 is 23.2 Å². The molecule has 1 amide bonds. The van der Waals surface area contributed by atoms with Crippen molar-refractivity contribution in [3.63, 3.8) is 0 Å². The van der Waals surface area contributed by atoms with Crippen LogP contribution in [-0.4, -0.2) is 40.6 Å². The number of aliphatic carboxylic acids is 1. The van der Waals surface area contributed by atoms with Gasteiger partial charge in [0.1, 0.15) is 17.5 Å². The highest BCUT2D eigenvalue weighted by Crippen LogP contribution is 2.32. The Balaban J connectivity index is 1.42. The van der Waals surface area contributed by atoms with E-state index in [2.05, 4.69) is 15.3 Å². The molecule has 0 spiro atoms. The van der Waals surface area contributed by atoms with Crippen LogP contribution < -0.4 is 10.1 Å². The van der Waals surface area contributed by atoms with Gasteiger partial charge in [-0.3, -0.25) is 9.59 Å². The van der Waals surface area contributed by atoms with Crippen molar-refractivity contribution < 1.29 is 19.4 Å². The number of imidazole rings is 1. The lowest BCUT2D eigenvalue weighted by Gasteiger charge is -2.16. The molecule has 0 bridgehead atoms. The molecule has 0 aliphatic heterocycles. The van der Waals surface area contributed by atoms with E-state index in [4.69, 9.17) is 33.0 Å². The second-order valence-corrected chi connectivity index (χ2v) is 9.61. The molecule has 0 aliphatic rings. The van der Waals surface area contributed by atoms with Crippen molar-refractivity contribution >= 4 is 47.2 Å². The third-order valence-electron chi connectivity index (χ3n) is 6.04. The van der Waals surface area contributed by atoms with Crippen LogP contribution in [0.15, 0.2) is 72.9 Å². The van der Waals surface area contributed by atoms with E-state index in [1.165, 1.54) is 0 Å². The van der Waals surface area contributed by atoms with Crippen molar-refractivity contribution in [1.82, 2.24) is 15.3 Å². The molecule has 7 nitrogen and oxygen atoms in total. The number of carboxylic acids is 1. The van der Waals surface area contributed by atoms with Crippen molar-refractivity contribution in [3.8, 4) is 16.9 Å². The minimum Gasteiger partial charge on any atom is -0.494 e. The molecule has 4 rings (SSSR count). The lowest BCUT2D eigenvalue weighted by atomic mass is 9.95. The zero-order chi connectivity index (χ0) is 27.8. The molecular weight excluding hydrogens is 537 g/mol. The van der Waals surface area contributed by atoms with Gasteiger partial charge in [0.25, 0.3) is 0 Å². The molecule has 1 atom stereocenters. The van der Waals surface area contributed by atoms with Gasteiger partial charge in [0.15, 0.2) is 0 Å². The minimum atomic E-state index is -0.824. The van der Waals surface area contributed by atoms with Crippen molar-refractivity contribution in [2.24, 2.45) is 0 Å². The fraction of sp³-hybridized carbons (Fsp3) is 0.167. The molecule has 200 valence electrons. The van der Waals surface area contributed by atoms with E-state index in [1.807, 2.05) is 60.7 Å². The Morgan fingerprint density at radius 3 is 2.36 bits per heavy atom.